The summed E-state index contributed by atoms with van der Waals surface area (Å²) in [5, 5.41) is 2.99. The third kappa shape index (κ3) is 5.12. The van der Waals surface area contributed by atoms with Crippen LogP contribution in [-0.4, -0.2) is 41.1 Å². The van der Waals surface area contributed by atoms with Crippen LogP contribution in [0, 0.1) is 0 Å². The predicted molar refractivity (Wildman–Crippen MR) is 155 cm³/mol. The van der Waals surface area contributed by atoms with E-state index < -0.39 is 0 Å². The molecule has 0 bridgehead atoms. The topological polar surface area (TPSA) is 66.8 Å². The molecule has 0 aliphatic carbocycles. The first-order valence-electron chi connectivity index (χ1n) is 13.3. The molecule has 1 aliphatic rings. The number of anilines is 2. The molecule has 5 rings (SSSR count). The lowest BCUT2D eigenvalue weighted by molar-refractivity contribution is -0.119. The summed E-state index contributed by atoms with van der Waals surface area (Å²) >= 11 is 0. The summed E-state index contributed by atoms with van der Waals surface area (Å²) < 4.78 is 7.50. The number of nitrogens with zero attached hydrogens (tertiary/aromatic N) is 3. The smallest absolute Gasteiger partial charge is 0.322 e. The van der Waals surface area contributed by atoms with Gasteiger partial charge >= 0.3 is 6.03 Å². The van der Waals surface area contributed by atoms with Crippen LogP contribution in [-0.2, 0) is 11.2 Å². The molecule has 2 heterocycles. The van der Waals surface area contributed by atoms with Gasteiger partial charge < -0.3 is 19.5 Å². The van der Waals surface area contributed by atoms with Gasteiger partial charge in [-0.3, -0.25) is 9.69 Å². The number of nitrogens with one attached hydrogen (secondary N) is 1. The number of aromatic nitrogens is 1. The molecule has 0 radical (unpaired) electrons. The number of hydrogen-bond acceptors (Lipinski definition) is 3. The van der Waals surface area contributed by atoms with Crippen LogP contribution in [0.1, 0.15) is 43.6 Å². The van der Waals surface area contributed by atoms with Crippen molar-refractivity contribution in [1.29, 1.82) is 0 Å². The minimum absolute atomic E-state index is 0.0708. The summed E-state index contributed by atoms with van der Waals surface area (Å²) in [6.45, 7) is 5.85. The van der Waals surface area contributed by atoms with Crippen LogP contribution in [0.25, 0.3) is 5.69 Å². The van der Waals surface area contributed by atoms with Gasteiger partial charge in [-0.1, -0.05) is 43.3 Å². The lowest BCUT2D eigenvalue weighted by Crippen LogP contribution is -2.49. The molecule has 0 fully saturated rings. The van der Waals surface area contributed by atoms with Crippen molar-refractivity contribution in [1.82, 2.24) is 9.47 Å². The molecular weight excluding hydrogens is 488 g/mol. The average Bonchev–Trinajstić information content (AvgIpc) is 3.45. The highest BCUT2D eigenvalue weighted by molar-refractivity contribution is 6.01. The third-order valence-electron chi connectivity index (χ3n) is 7.20. The van der Waals surface area contributed by atoms with E-state index in [1.807, 2.05) is 110 Å². The molecule has 1 atom stereocenters. The molecule has 1 unspecified atom stereocenters. The van der Waals surface area contributed by atoms with E-state index in [1.165, 1.54) is 0 Å². The normalized spacial score (nSPS) is 14.0. The average molecular weight is 523 g/mol. The highest BCUT2D eigenvalue weighted by Gasteiger charge is 2.37. The van der Waals surface area contributed by atoms with E-state index in [0.717, 1.165) is 46.1 Å². The van der Waals surface area contributed by atoms with E-state index in [-0.39, 0.29) is 30.6 Å². The summed E-state index contributed by atoms with van der Waals surface area (Å²) in [4.78, 5) is 31.1. The molecule has 1 aliphatic heterocycles. The van der Waals surface area contributed by atoms with Crippen molar-refractivity contribution >= 4 is 23.3 Å². The Morgan fingerprint density at radius 3 is 2.38 bits per heavy atom. The Bertz CT molecular complexity index is 1470. The number of para-hydroxylation sites is 2. The fraction of sp³-hybridized carbons (Fsp3) is 0.250. The lowest BCUT2D eigenvalue weighted by Gasteiger charge is -2.40. The number of carbonyl (C=O) groups is 2. The minimum Gasteiger partial charge on any atom is -0.497 e. The minimum atomic E-state index is -0.369. The number of fused-ring (bicyclic) bond motifs is 3. The number of methoxy groups -OCH3 is 1. The van der Waals surface area contributed by atoms with Crippen molar-refractivity contribution in [3.63, 3.8) is 0 Å². The van der Waals surface area contributed by atoms with Gasteiger partial charge in [0.15, 0.2) is 0 Å². The van der Waals surface area contributed by atoms with E-state index >= 15 is 0 Å². The van der Waals surface area contributed by atoms with Crippen LogP contribution in [0.4, 0.5) is 16.2 Å². The molecule has 39 heavy (non-hydrogen) atoms. The van der Waals surface area contributed by atoms with Crippen LogP contribution in [0.15, 0.2) is 91.1 Å². The van der Waals surface area contributed by atoms with Crippen LogP contribution in [0.5, 0.6) is 5.75 Å². The molecule has 3 amide bonds. The van der Waals surface area contributed by atoms with Crippen molar-refractivity contribution in [3.05, 3.63) is 108 Å². The van der Waals surface area contributed by atoms with Gasteiger partial charge in [0.2, 0.25) is 5.91 Å². The second-order valence-corrected chi connectivity index (χ2v) is 9.94. The van der Waals surface area contributed by atoms with Crippen molar-refractivity contribution in [2.24, 2.45) is 0 Å². The first-order valence-corrected chi connectivity index (χ1v) is 13.3. The molecule has 0 saturated carbocycles. The number of carbonyl (C=O) groups excluding carboxylic acids is 2. The summed E-state index contributed by atoms with van der Waals surface area (Å²) in [6, 6.07) is 26.6. The molecular formula is C32H34N4O3. The number of amides is 3. The highest BCUT2D eigenvalue weighted by Crippen LogP contribution is 2.42. The molecule has 1 aromatic heterocycles. The zero-order valence-corrected chi connectivity index (χ0v) is 22.8. The standard InChI is InChI=1S/C32H34N4O3/c1-5-23-10-8-11-25(20-23)33-32(38)35(22(2)3)21-30(37)36-28-13-7-6-12-27(28)34-19-9-14-29(34)31(36)24-15-17-26(39-4)18-16-24/h6-20,22,31H,5,21H2,1-4H3,(H,33,38). The number of benzene rings is 3. The largest absolute Gasteiger partial charge is 0.497 e. The lowest BCUT2D eigenvalue weighted by atomic mass is 9.97. The molecule has 1 N–H and O–H groups in total. The van der Waals surface area contributed by atoms with Crippen molar-refractivity contribution in [2.75, 3.05) is 23.9 Å². The van der Waals surface area contributed by atoms with E-state index in [2.05, 4.69) is 16.8 Å². The number of aryl methyl sites for hydroxylation is 1. The van der Waals surface area contributed by atoms with Gasteiger partial charge in [-0.05, 0) is 79.9 Å². The van der Waals surface area contributed by atoms with Crippen molar-refractivity contribution in [3.8, 4) is 11.4 Å². The van der Waals surface area contributed by atoms with Crippen molar-refractivity contribution in [2.45, 2.75) is 39.3 Å². The van der Waals surface area contributed by atoms with E-state index in [0.29, 0.717) is 0 Å². The molecule has 200 valence electrons. The second-order valence-electron chi connectivity index (χ2n) is 9.94. The fourth-order valence-electron chi connectivity index (χ4n) is 5.14. The Balaban J connectivity index is 1.50. The van der Waals surface area contributed by atoms with Gasteiger partial charge in [-0.2, -0.15) is 0 Å². The summed E-state index contributed by atoms with van der Waals surface area (Å²) in [6.07, 6.45) is 2.89. The monoisotopic (exact) mass is 522 g/mol. The molecule has 0 spiro atoms. The van der Waals surface area contributed by atoms with Gasteiger partial charge in [0.05, 0.1) is 24.2 Å². The van der Waals surface area contributed by atoms with Crippen LogP contribution in [0.3, 0.4) is 0 Å². The fourth-order valence-corrected chi connectivity index (χ4v) is 5.14. The van der Waals surface area contributed by atoms with E-state index in [4.69, 9.17) is 4.74 Å². The second kappa shape index (κ2) is 11.1. The van der Waals surface area contributed by atoms with Crippen LogP contribution in [0.2, 0.25) is 0 Å². The molecule has 4 aromatic rings. The Morgan fingerprint density at radius 2 is 1.69 bits per heavy atom. The van der Waals surface area contributed by atoms with E-state index in [1.54, 1.807) is 12.0 Å². The van der Waals surface area contributed by atoms with Gasteiger partial charge in [-0.15, -0.1) is 0 Å². The SMILES string of the molecule is CCc1cccc(NC(=O)N(CC(=O)N2c3ccccc3-n3cccc3C2c2ccc(OC)cc2)C(C)C)c1. The number of hydrogen-bond donors (Lipinski definition) is 1. The van der Waals surface area contributed by atoms with Gasteiger partial charge in [-0.25, -0.2) is 4.79 Å². The number of ether oxygens (including phenoxy) is 1. The molecule has 0 saturated heterocycles. The summed E-state index contributed by atoms with van der Waals surface area (Å²) in [5.74, 6) is 0.583. The summed E-state index contributed by atoms with van der Waals surface area (Å²) in [5.41, 5.74) is 5.50. The number of urea groups is 1. The van der Waals surface area contributed by atoms with Crippen molar-refractivity contribution < 1.29 is 14.3 Å². The Morgan fingerprint density at radius 1 is 0.949 bits per heavy atom. The van der Waals surface area contributed by atoms with E-state index in [9.17, 15) is 9.59 Å². The Hall–Kier alpha value is -4.52. The molecule has 7 nitrogen and oxygen atoms in total. The zero-order valence-electron chi connectivity index (χ0n) is 22.8. The maximum absolute atomic E-state index is 14.2. The van der Waals surface area contributed by atoms with Gasteiger partial charge in [0.25, 0.3) is 0 Å². The van der Waals surface area contributed by atoms with Gasteiger partial charge in [0, 0.05) is 17.9 Å². The third-order valence-corrected chi connectivity index (χ3v) is 7.20. The zero-order chi connectivity index (χ0) is 27.5. The first-order chi connectivity index (χ1) is 18.9. The molecule has 3 aromatic carbocycles. The summed E-state index contributed by atoms with van der Waals surface area (Å²) in [7, 11) is 1.64. The maximum Gasteiger partial charge on any atom is 0.322 e. The van der Waals surface area contributed by atoms with Gasteiger partial charge in [0.1, 0.15) is 18.3 Å². The van der Waals surface area contributed by atoms with Crippen LogP contribution >= 0.6 is 0 Å². The predicted octanol–water partition coefficient (Wildman–Crippen LogP) is 6.43. The number of rotatable bonds is 7. The quantitative estimate of drug-likeness (QED) is 0.304. The Kier molecular flexibility index (Phi) is 7.41. The van der Waals surface area contributed by atoms with Crippen LogP contribution < -0.4 is 15.0 Å². The molecule has 7 heteroatoms. The Labute approximate surface area is 229 Å². The first kappa shape index (κ1) is 26.1. The highest BCUT2D eigenvalue weighted by atomic mass is 16.5. The maximum atomic E-state index is 14.2.